The third-order valence-electron chi connectivity index (χ3n) is 5.21. The van der Waals surface area contributed by atoms with Crippen LogP contribution >= 0.6 is 0 Å². The molecule has 1 aliphatic rings. The Morgan fingerprint density at radius 2 is 1.73 bits per heavy atom. The highest BCUT2D eigenvalue weighted by molar-refractivity contribution is 7.89. The number of sulfonamides is 1. The second-order valence-electron chi connectivity index (χ2n) is 6.87. The molecule has 0 atom stereocenters. The number of hydrogen-bond donors (Lipinski definition) is 1. The zero-order valence-corrected chi connectivity index (χ0v) is 15.2. The van der Waals surface area contributed by atoms with Crippen LogP contribution in [0.1, 0.15) is 18.4 Å². The highest BCUT2D eigenvalue weighted by atomic mass is 32.2. The van der Waals surface area contributed by atoms with Gasteiger partial charge in [-0.2, -0.15) is 4.31 Å². The molecule has 0 aliphatic carbocycles. The lowest BCUT2D eigenvalue weighted by Crippen LogP contribution is -2.38. The third kappa shape index (κ3) is 3.27. The van der Waals surface area contributed by atoms with Crippen LogP contribution in [-0.2, 0) is 16.4 Å². The van der Waals surface area contributed by atoms with E-state index in [2.05, 4.69) is 23.3 Å². The Balaban J connectivity index is 1.43. The van der Waals surface area contributed by atoms with E-state index in [1.807, 2.05) is 12.1 Å². The van der Waals surface area contributed by atoms with Crippen molar-refractivity contribution in [2.24, 2.45) is 5.92 Å². The van der Waals surface area contributed by atoms with E-state index < -0.39 is 15.8 Å². The van der Waals surface area contributed by atoms with Gasteiger partial charge in [0.15, 0.2) is 0 Å². The number of rotatable bonds is 4. The van der Waals surface area contributed by atoms with Crippen molar-refractivity contribution in [1.29, 1.82) is 0 Å². The Kier molecular flexibility index (Phi) is 4.54. The molecule has 1 fully saturated rings. The van der Waals surface area contributed by atoms with Gasteiger partial charge >= 0.3 is 0 Å². The number of halogens is 1. The minimum atomic E-state index is -3.54. The molecule has 1 aliphatic heterocycles. The molecule has 1 saturated heterocycles. The smallest absolute Gasteiger partial charge is 0.243 e. The maximum atomic E-state index is 13.0. The van der Waals surface area contributed by atoms with E-state index in [1.54, 1.807) is 0 Å². The average Bonchev–Trinajstić information content (AvgIpc) is 3.06. The van der Waals surface area contributed by atoms with Crippen LogP contribution in [-0.4, -0.2) is 30.8 Å². The van der Waals surface area contributed by atoms with Gasteiger partial charge in [-0.1, -0.05) is 18.2 Å². The molecule has 4 nitrogen and oxygen atoms in total. The molecule has 2 aromatic carbocycles. The normalized spacial score (nSPS) is 17.0. The lowest BCUT2D eigenvalue weighted by atomic mass is 9.91. The maximum Gasteiger partial charge on any atom is 0.243 e. The second-order valence-corrected chi connectivity index (χ2v) is 8.80. The summed E-state index contributed by atoms with van der Waals surface area (Å²) in [6.45, 7) is 1.01. The molecule has 3 aromatic rings. The topological polar surface area (TPSA) is 53.2 Å². The van der Waals surface area contributed by atoms with Crippen LogP contribution in [0.3, 0.4) is 0 Å². The van der Waals surface area contributed by atoms with E-state index in [9.17, 15) is 12.8 Å². The molecule has 1 N–H and O–H groups in total. The first-order valence-electron chi connectivity index (χ1n) is 8.85. The predicted molar refractivity (Wildman–Crippen MR) is 99.9 cm³/mol. The first kappa shape index (κ1) is 17.2. The number of fused-ring (bicyclic) bond motifs is 1. The molecule has 0 amide bonds. The fraction of sp³-hybridized carbons (Fsp3) is 0.300. The molecule has 4 rings (SSSR count). The van der Waals surface area contributed by atoms with E-state index in [0.29, 0.717) is 19.0 Å². The lowest BCUT2D eigenvalue weighted by molar-refractivity contribution is 0.273. The molecular weight excluding hydrogens is 351 g/mol. The van der Waals surface area contributed by atoms with Crippen molar-refractivity contribution < 1.29 is 12.8 Å². The van der Waals surface area contributed by atoms with Crippen molar-refractivity contribution in [3.05, 3.63) is 66.1 Å². The SMILES string of the molecule is O=S(=O)(c1ccc(F)cc1)N1CCC(Cc2c[nH]c3ccccc23)CC1. The van der Waals surface area contributed by atoms with Crippen molar-refractivity contribution in [2.45, 2.75) is 24.2 Å². The van der Waals surface area contributed by atoms with Crippen molar-refractivity contribution >= 4 is 20.9 Å². The summed E-state index contributed by atoms with van der Waals surface area (Å²) >= 11 is 0. The van der Waals surface area contributed by atoms with Crippen LogP contribution in [0.2, 0.25) is 0 Å². The Morgan fingerprint density at radius 3 is 2.46 bits per heavy atom. The van der Waals surface area contributed by atoms with Gasteiger partial charge in [-0.05, 0) is 61.1 Å². The molecule has 0 spiro atoms. The van der Waals surface area contributed by atoms with Gasteiger partial charge < -0.3 is 4.98 Å². The van der Waals surface area contributed by atoms with E-state index in [-0.39, 0.29) is 4.90 Å². The summed E-state index contributed by atoms with van der Waals surface area (Å²) in [5.74, 6) is 0.0373. The number of nitrogens with zero attached hydrogens (tertiary/aromatic N) is 1. The number of H-pyrrole nitrogens is 1. The number of piperidine rings is 1. The first-order chi connectivity index (χ1) is 12.5. The van der Waals surface area contributed by atoms with E-state index in [4.69, 9.17) is 0 Å². The van der Waals surface area contributed by atoms with Gasteiger partial charge in [0, 0.05) is 30.2 Å². The van der Waals surface area contributed by atoms with E-state index in [1.165, 1.54) is 39.5 Å². The van der Waals surface area contributed by atoms with Crippen LogP contribution in [0.15, 0.2) is 59.6 Å². The van der Waals surface area contributed by atoms with Gasteiger partial charge in [-0.3, -0.25) is 0 Å². The summed E-state index contributed by atoms with van der Waals surface area (Å²) in [7, 11) is -3.54. The summed E-state index contributed by atoms with van der Waals surface area (Å²) in [6, 6.07) is 13.3. The zero-order valence-electron chi connectivity index (χ0n) is 14.4. The summed E-state index contributed by atoms with van der Waals surface area (Å²) in [4.78, 5) is 3.46. The minimum Gasteiger partial charge on any atom is -0.361 e. The van der Waals surface area contributed by atoms with Crippen LogP contribution in [0.4, 0.5) is 4.39 Å². The largest absolute Gasteiger partial charge is 0.361 e. The number of para-hydroxylation sites is 1. The Bertz CT molecular complexity index is 1000. The molecular formula is C20H21FN2O2S. The molecule has 2 heterocycles. The predicted octanol–water partition coefficient (Wildman–Crippen LogP) is 3.95. The third-order valence-corrected chi connectivity index (χ3v) is 7.12. The minimum absolute atomic E-state index is 0.161. The van der Waals surface area contributed by atoms with Crippen molar-refractivity contribution in [3.63, 3.8) is 0 Å². The molecule has 26 heavy (non-hydrogen) atoms. The van der Waals surface area contributed by atoms with Crippen LogP contribution in [0.5, 0.6) is 0 Å². The van der Waals surface area contributed by atoms with Gasteiger partial charge in [0.2, 0.25) is 10.0 Å². The molecule has 0 bridgehead atoms. The monoisotopic (exact) mass is 372 g/mol. The number of hydrogen-bond acceptors (Lipinski definition) is 2. The quantitative estimate of drug-likeness (QED) is 0.754. The Morgan fingerprint density at radius 1 is 1.04 bits per heavy atom. The summed E-state index contributed by atoms with van der Waals surface area (Å²) < 4.78 is 40.0. The van der Waals surface area contributed by atoms with Crippen molar-refractivity contribution in [2.75, 3.05) is 13.1 Å². The van der Waals surface area contributed by atoms with Crippen molar-refractivity contribution in [1.82, 2.24) is 9.29 Å². The molecule has 0 saturated carbocycles. The van der Waals surface area contributed by atoms with E-state index in [0.717, 1.165) is 24.8 Å². The molecule has 0 radical (unpaired) electrons. The number of aromatic amines is 1. The highest BCUT2D eigenvalue weighted by Gasteiger charge is 2.29. The second kappa shape index (κ2) is 6.85. The van der Waals surface area contributed by atoms with Gasteiger partial charge in [-0.25, -0.2) is 12.8 Å². The lowest BCUT2D eigenvalue weighted by Gasteiger charge is -2.31. The van der Waals surface area contributed by atoms with Gasteiger partial charge in [0.1, 0.15) is 5.82 Å². The zero-order chi connectivity index (χ0) is 18.1. The number of nitrogens with one attached hydrogen (secondary N) is 1. The number of benzene rings is 2. The van der Waals surface area contributed by atoms with Crippen molar-refractivity contribution in [3.8, 4) is 0 Å². The molecule has 0 unspecified atom stereocenters. The van der Waals surface area contributed by atoms with Gasteiger partial charge in [0.05, 0.1) is 4.90 Å². The van der Waals surface area contributed by atoms with Gasteiger partial charge in [0.25, 0.3) is 0 Å². The standard InChI is InChI=1S/C20H21FN2O2S/c21-17-5-7-18(8-6-17)26(24,25)23-11-9-15(10-12-23)13-16-14-22-20-4-2-1-3-19(16)20/h1-8,14-15,22H,9-13H2. The highest BCUT2D eigenvalue weighted by Crippen LogP contribution is 2.28. The fourth-order valence-electron chi connectivity index (χ4n) is 3.72. The molecule has 136 valence electrons. The Hall–Kier alpha value is -2.18. The maximum absolute atomic E-state index is 13.0. The number of aromatic nitrogens is 1. The molecule has 1 aromatic heterocycles. The summed E-state index contributed by atoms with van der Waals surface area (Å²) in [5.41, 5.74) is 2.43. The van der Waals surface area contributed by atoms with Crippen LogP contribution in [0.25, 0.3) is 10.9 Å². The van der Waals surface area contributed by atoms with Crippen LogP contribution in [0, 0.1) is 11.7 Å². The average molecular weight is 372 g/mol. The van der Waals surface area contributed by atoms with Gasteiger partial charge in [-0.15, -0.1) is 0 Å². The first-order valence-corrected chi connectivity index (χ1v) is 10.3. The molecule has 6 heteroatoms. The van der Waals surface area contributed by atoms with Crippen LogP contribution < -0.4 is 0 Å². The Labute approximate surface area is 152 Å². The summed E-state index contributed by atoms with van der Waals surface area (Å²) in [5, 5.41) is 1.24. The van der Waals surface area contributed by atoms with E-state index >= 15 is 0 Å². The fourth-order valence-corrected chi connectivity index (χ4v) is 5.19. The summed E-state index contributed by atoms with van der Waals surface area (Å²) in [6.07, 6.45) is 4.68.